The highest BCUT2D eigenvalue weighted by atomic mass is 79.9. The summed E-state index contributed by atoms with van der Waals surface area (Å²) in [7, 11) is 0. The normalized spacial score (nSPS) is 10.8. The minimum absolute atomic E-state index is 0.620. The second kappa shape index (κ2) is 8.93. The van der Waals surface area contributed by atoms with E-state index in [0.29, 0.717) is 13.2 Å². The van der Waals surface area contributed by atoms with Gasteiger partial charge in [-0.2, -0.15) is 0 Å². The molecule has 0 aliphatic heterocycles. The van der Waals surface area contributed by atoms with Crippen LogP contribution in [0, 0.1) is 0 Å². The maximum absolute atomic E-state index is 5.74. The van der Waals surface area contributed by atoms with Gasteiger partial charge in [-0.3, -0.25) is 4.98 Å². The van der Waals surface area contributed by atoms with Gasteiger partial charge >= 0.3 is 0 Å². The number of aromatic nitrogens is 1. The number of nitrogens with one attached hydrogen (secondary N) is 1. The van der Waals surface area contributed by atoms with Crippen LogP contribution in [0.25, 0.3) is 0 Å². The number of hydrogen-bond donors (Lipinski definition) is 1. The summed E-state index contributed by atoms with van der Waals surface area (Å²) in [5.74, 6) is 0. The highest BCUT2D eigenvalue weighted by molar-refractivity contribution is 9.10. The molecular formula is C17H21BrN2O. The molecule has 0 amide bonds. The van der Waals surface area contributed by atoms with Crippen molar-refractivity contribution in [1.29, 1.82) is 0 Å². The molecule has 0 bridgehead atoms. The Morgan fingerprint density at radius 1 is 1.24 bits per heavy atom. The Bertz CT molecular complexity index is 546. The lowest BCUT2D eigenvalue weighted by Gasteiger charge is -2.09. The molecule has 0 spiro atoms. The second-order valence-electron chi connectivity index (χ2n) is 4.83. The molecule has 0 aliphatic rings. The van der Waals surface area contributed by atoms with Crippen LogP contribution in [0.5, 0.6) is 0 Å². The molecule has 3 nitrogen and oxygen atoms in total. The van der Waals surface area contributed by atoms with Gasteiger partial charge < -0.3 is 10.1 Å². The van der Waals surface area contributed by atoms with Gasteiger partial charge in [0, 0.05) is 29.3 Å². The molecule has 0 saturated heterocycles. The van der Waals surface area contributed by atoms with E-state index in [4.69, 9.17) is 4.74 Å². The molecule has 1 N–H and O–H groups in total. The van der Waals surface area contributed by atoms with Crippen LogP contribution in [0.1, 0.15) is 23.7 Å². The highest BCUT2D eigenvalue weighted by Gasteiger charge is 2.02. The monoisotopic (exact) mass is 348 g/mol. The Morgan fingerprint density at radius 3 is 2.86 bits per heavy atom. The molecule has 0 aliphatic carbocycles. The minimum atomic E-state index is 0.620. The number of hydrogen-bond acceptors (Lipinski definition) is 3. The molecule has 21 heavy (non-hydrogen) atoms. The molecular weight excluding hydrogens is 328 g/mol. The maximum Gasteiger partial charge on any atom is 0.0727 e. The first kappa shape index (κ1) is 16.1. The van der Waals surface area contributed by atoms with Crippen LogP contribution in [-0.4, -0.2) is 18.1 Å². The molecule has 1 aromatic carbocycles. The minimum Gasteiger partial charge on any atom is -0.376 e. The zero-order valence-corrected chi connectivity index (χ0v) is 13.9. The molecule has 1 aromatic heterocycles. The molecule has 2 aromatic rings. The van der Waals surface area contributed by atoms with E-state index in [1.807, 2.05) is 24.4 Å². The van der Waals surface area contributed by atoms with E-state index in [-0.39, 0.29) is 0 Å². The van der Waals surface area contributed by atoms with Gasteiger partial charge in [0.05, 0.1) is 13.2 Å². The third-order valence-corrected chi connectivity index (χ3v) is 3.92. The molecule has 0 atom stereocenters. The fourth-order valence-corrected chi connectivity index (χ4v) is 2.53. The third-order valence-electron chi connectivity index (χ3n) is 3.18. The van der Waals surface area contributed by atoms with Crippen molar-refractivity contribution in [3.05, 3.63) is 63.9 Å². The predicted octanol–water partition coefficient (Wildman–Crippen LogP) is 3.71. The lowest BCUT2D eigenvalue weighted by molar-refractivity contribution is 0.123. The summed E-state index contributed by atoms with van der Waals surface area (Å²) < 4.78 is 6.85. The fourth-order valence-electron chi connectivity index (χ4n) is 1.99. The first-order chi connectivity index (χ1) is 10.3. The van der Waals surface area contributed by atoms with E-state index < -0.39 is 0 Å². The topological polar surface area (TPSA) is 34.1 Å². The Balaban J connectivity index is 1.78. The maximum atomic E-state index is 5.74. The predicted molar refractivity (Wildman–Crippen MR) is 89.1 cm³/mol. The van der Waals surface area contributed by atoms with Crippen LogP contribution in [0.2, 0.25) is 0 Å². The molecule has 0 fully saturated rings. The molecule has 1 heterocycles. The summed E-state index contributed by atoms with van der Waals surface area (Å²) in [4.78, 5) is 4.28. The van der Waals surface area contributed by atoms with E-state index >= 15 is 0 Å². The largest absolute Gasteiger partial charge is 0.376 e. The summed E-state index contributed by atoms with van der Waals surface area (Å²) in [5, 5.41) is 3.32. The van der Waals surface area contributed by atoms with Crippen molar-refractivity contribution < 1.29 is 4.74 Å². The van der Waals surface area contributed by atoms with Crippen LogP contribution in [0.4, 0.5) is 0 Å². The van der Waals surface area contributed by atoms with Crippen molar-refractivity contribution in [3.8, 4) is 0 Å². The Morgan fingerprint density at radius 2 is 2.14 bits per heavy atom. The van der Waals surface area contributed by atoms with Gasteiger partial charge in [0.1, 0.15) is 0 Å². The first-order valence-electron chi connectivity index (χ1n) is 7.25. The van der Waals surface area contributed by atoms with Crippen LogP contribution in [0.3, 0.4) is 0 Å². The number of nitrogens with zero attached hydrogens (tertiary/aromatic N) is 1. The molecule has 112 valence electrons. The van der Waals surface area contributed by atoms with Crippen LogP contribution in [0.15, 0.2) is 47.1 Å². The van der Waals surface area contributed by atoms with Gasteiger partial charge in [0.25, 0.3) is 0 Å². The van der Waals surface area contributed by atoms with E-state index in [0.717, 1.165) is 29.7 Å². The summed E-state index contributed by atoms with van der Waals surface area (Å²) >= 11 is 3.62. The zero-order chi connectivity index (χ0) is 14.9. The Kier molecular flexibility index (Phi) is 6.86. The molecule has 0 saturated carbocycles. The first-order valence-corrected chi connectivity index (χ1v) is 8.04. The molecule has 4 heteroatoms. The van der Waals surface area contributed by atoms with E-state index in [1.54, 1.807) is 0 Å². The van der Waals surface area contributed by atoms with Gasteiger partial charge in [0.2, 0.25) is 0 Å². The number of pyridine rings is 1. The quantitative estimate of drug-likeness (QED) is 0.738. The van der Waals surface area contributed by atoms with Crippen molar-refractivity contribution in [2.45, 2.75) is 26.5 Å². The second-order valence-corrected chi connectivity index (χ2v) is 5.68. The zero-order valence-electron chi connectivity index (χ0n) is 12.3. The molecule has 0 radical (unpaired) electrons. The number of benzene rings is 1. The van der Waals surface area contributed by atoms with Crippen LogP contribution >= 0.6 is 15.9 Å². The average Bonchev–Trinajstić information content (AvgIpc) is 2.52. The standard InChI is InChI=1S/C17H21BrN2O/c1-2-19-12-14-6-7-15(17(18)11-14)13-21-10-8-16-5-3-4-9-20-16/h3-7,9,11,19H,2,8,10,12-13H2,1H3. The van der Waals surface area contributed by atoms with Crippen molar-refractivity contribution in [2.75, 3.05) is 13.2 Å². The van der Waals surface area contributed by atoms with E-state index in [2.05, 4.69) is 51.4 Å². The van der Waals surface area contributed by atoms with Crippen LogP contribution < -0.4 is 5.32 Å². The smallest absolute Gasteiger partial charge is 0.0727 e. The van der Waals surface area contributed by atoms with Crippen molar-refractivity contribution in [2.24, 2.45) is 0 Å². The van der Waals surface area contributed by atoms with Gasteiger partial charge in [-0.05, 0) is 35.9 Å². The third kappa shape index (κ3) is 5.58. The molecule has 0 unspecified atom stereocenters. The number of halogens is 1. The average molecular weight is 349 g/mol. The van der Waals surface area contributed by atoms with Gasteiger partial charge in [-0.15, -0.1) is 0 Å². The molecule has 2 rings (SSSR count). The van der Waals surface area contributed by atoms with Crippen molar-refractivity contribution in [3.63, 3.8) is 0 Å². The number of ether oxygens (including phenoxy) is 1. The summed E-state index contributed by atoms with van der Waals surface area (Å²) in [6.07, 6.45) is 2.66. The Labute approximate surface area is 134 Å². The van der Waals surface area contributed by atoms with Crippen molar-refractivity contribution >= 4 is 15.9 Å². The van der Waals surface area contributed by atoms with Gasteiger partial charge in [-0.1, -0.05) is 41.1 Å². The van der Waals surface area contributed by atoms with E-state index in [1.165, 1.54) is 11.1 Å². The Hall–Kier alpha value is -1.23. The van der Waals surface area contributed by atoms with Gasteiger partial charge in [0.15, 0.2) is 0 Å². The number of rotatable bonds is 8. The van der Waals surface area contributed by atoms with E-state index in [9.17, 15) is 0 Å². The summed E-state index contributed by atoms with van der Waals surface area (Å²) in [5.41, 5.74) is 3.52. The lowest BCUT2D eigenvalue weighted by Crippen LogP contribution is -2.11. The van der Waals surface area contributed by atoms with Crippen LogP contribution in [-0.2, 0) is 24.3 Å². The summed E-state index contributed by atoms with van der Waals surface area (Å²) in [6.45, 7) is 5.29. The van der Waals surface area contributed by atoms with Gasteiger partial charge in [-0.25, -0.2) is 0 Å². The fraction of sp³-hybridized carbons (Fsp3) is 0.353. The highest BCUT2D eigenvalue weighted by Crippen LogP contribution is 2.19. The lowest BCUT2D eigenvalue weighted by atomic mass is 10.1. The SMILES string of the molecule is CCNCc1ccc(COCCc2ccccn2)c(Br)c1. The summed E-state index contributed by atoms with van der Waals surface area (Å²) in [6, 6.07) is 12.4. The van der Waals surface area contributed by atoms with Crippen molar-refractivity contribution in [1.82, 2.24) is 10.3 Å².